The van der Waals surface area contributed by atoms with Crippen LogP contribution in [0.25, 0.3) is 0 Å². The number of rotatable bonds is 5. The van der Waals surface area contributed by atoms with Gasteiger partial charge >= 0.3 is 0 Å². The van der Waals surface area contributed by atoms with Crippen molar-refractivity contribution in [2.24, 2.45) is 5.92 Å². The van der Waals surface area contributed by atoms with Gasteiger partial charge in [-0.2, -0.15) is 0 Å². The molecule has 1 saturated carbocycles. The van der Waals surface area contributed by atoms with Crippen molar-refractivity contribution < 1.29 is 9.53 Å². The Kier molecular flexibility index (Phi) is 7.42. The average Bonchev–Trinajstić information content (AvgIpc) is 2.81. The molecule has 1 unspecified atom stereocenters. The first-order valence-corrected chi connectivity index (χ1v) is 11.9. The second-order valence-electron chi connectivity index (χ2n) is 8.54. The fourth-order valence-corrected chi connectivity index (χ4v) is 5.42. The molecular formula is C25H30Cl2N2O2. The number of amides is 1. The van der Waals surface area contributed by atoms with Gasteiger partial charge in [0.05, 0.1) is 13.2 Å². The van der Waals surface area contributed by atoms with Crippen LogP contribution in [0.5, 0.6) is 5.75 Å². The number of carbonyl (C=O) groups is 1. The SMILES string of the molecule is COc1ccc(C(c2ccc(Cl)cc2Cl)N2CCN(C(=O)C3CCCCC3)CC2)cc1. The highest BCUT2D eigenvalue weighted by molar-refractivity contribution is 6.35. The maximum atomic E-state index is 13.0. The van der Waals surface area contributed by atoms with Gasteiger partial charge in [-0.15, -0.1) is 0 Å². The van der Waals surface area contributed by atoms with E-state index in [-0.39, 0.29) is 12.0 Å². The largest absolute Gasteiger partial charge is 0.497 e. The molecule has 0 radical (unpaired) electrons. The molecular weight excluding hydrogens is 431 g/mol. The van der Waals surface area contributed by atoms with Crippen molar-refractivity contribution in [1.82, 2.24) is 9.80 Å². The quantitative estimate of drug-likeness (QED) is 0.563. The van der Waals surface area contributed by atoms with E-state index >= 15 is 0 Å². The average molecular weight is 461 g/mol. The Morgan fingerprint density at radius 1 is 0.968 bits per heavy atom. The van der Waals surface area contributed by atoms with Crippen LogP contribution in [0.15, 0.2) is 42.5 Å². The van der Waals surface area contributed by atoms with Gasteiger partial charge in [0, 0.05) is 42.1 Å². The molecule has 1 heterocycles. The zero-order valence-corrected chi connectivity index (χ0v) is 19.5. The van der Waals surface area contributed by atoms with E-state index in [4.69, 9.17) is 27.9 Å². The van der Waals surface area contributed by atoms with Gasteiger partial charge in [0.15, 0.2) is 0 Å². The van der Waals surface area contributed by atoms with Gasteiger partial charge in [0.1, 0.15) is 5.75 Å². The molecule has 0 bridgehead atoms. The van der Waals surface area contributed by atoms with Gasteiger partial charge in [-0.25, -0.2) is 0 Å². The molecule has 4 nitrogen and oxygen atoms in total. The predicted octanol–water partition coefficient (Wildman–Crippen LogP) is 5.82. The normalized spacial score (nSPS) is 19.3. The number of methoxy groups -OCH3 is 1. The fourth-order valence-electron chi connectivity index (χ4n) is 4.90. The highest BCUT2D eigenvalue weighted by Crippen LogP contribution is 2.36. The van der Waals surface area contributed by atoms with E-state index < -0.39 is 0 Å². The molecule has 1 amide bonds. The standard InChI is InChI=1S/C25H30Cl2N2O2/c1-31-21-10-7-18(8-11-21)24(22-12-9-20(26)17-23(22)27)28-13-15-29(16-14-28)25(30)19-5-3-2-4-6-19/h7-12,17,19,24H,2-6,13-16H2,1H3. The first-order valence-electron chi connectivity index (χ1n) is 11.2. The number of ether oxygens (including phenoxy) is 1. The molecule has 2 aromatic rings. The van der Waals surface area contributed by atoms with E-state index in [2.05, 4.69) is 21.9 Å². The first-order chi connectivity index (χ1) is 15.1. The highest BCUT2D eigenvalue weighted by atomic mass is 35.5. The summed E-state index contributed by atoms with van der Waals surface area (Å²) in [5.74, 6) is 1.40. The Labute approximate surface area is 195 Å². The summed E-state index contributed by atoms with van der Waals surface area (Å²) < 4.78 is 5.34. The van der Waals surface area contributed by atoms with Gasteiger partial charge in [0.2, 0.25) is 5.91 Å². The summed E-state index contributed by atoms with van der Waals surface area (Å²) in [6, 6.07) is 13.9. The molecule has 1 aliphatic carbocycles. The molecule has 0 spiro atoms. The van der Waals surface area contributed by atoms with E-state index in [1.807, 2.05) is 24.3 Å². The van der Waals surface area contributed by atoms with E-state index in [0.717, 1.165) is 55.9 Å². The maximum absolute atomic E-state index is 13.0. The summed E-state index contributed by atoms with van der Waals surface area (Å²) in [4.78, 5) is 17.5. The van der Waals surface area contributed by atoms with Crippen LogP contribution >= 0.6 is 23.2 Å². The Bertz CT molecular complexity index is 889. The molecule has 2 fully saturated rings. The molecule has 0 aromatic heterocycles. The molecule has 1 aliphatic heterocycles. The van der Waals surface area contributed by atoms with E-state index in [9.17, 15) is 4.79 Å². The second kappa shape index (κ2) is 10.2. The lowest BCUT2D eigenvalue weighted by atomic mass is 9.88. The number of benzene rings is 2. The topological polar surface area (TPSA) is 32.8 Å². The van der Waals surface area contributed by atoms with Gasteiger partial charge in [-0.05, 0) is 48.2 Å². The molecule has 2 aromatic carbocycles. The maximum Gasteiger partial charge on any atom is 0.225 e. The third-order valence-corrected chi connectivity index (χ3v) is 7.20. The first kappa shape index (κ1) is 22.4. The van der Waals surface area contributed by atoms with Crippen molar-refractivity contribution in [3.8, 4) is 5.75 Å². The van der Waals surface area contributed by atoms with Gasteiger partial charge in [0.25, 0.3) is 0 Å². The van der Waals surface area contributed by atoms with E-state index in [0.29, 0.717) is 16.0 Å². The van der Waals surface area contributed by atoms with Crippen LogP contribution in [0.2, 0.25) is 10.0 Å². The summed E-state index contributed by atoms with van der Waals surface area (Å²) in [6.07, 6.45) is 5.74. The molecule has 1 atom stereocenters. The summed E-state index contributed by atoms with van der Waals surface area (Å²) >= 11 is 12.8. The van der Waals surface area contributed by atoms with E-state index in [1.165, 1.54) is 19.3 Å². The molecule has 0 N–H and O–H groups in total. The Morgan fingerprint density at radius 3 is 2.26 bits per heavy atom. The Hall–Kier alpha value is -1.75. The van der Waals surface area contributed by atoms with Crippen molar-refractivity contribution in [2.75, 3.05) is 33.3 Å². The van der Waals surface area contributed by atoms with Crippen molar-refractivity contribution in [2.45, 2.75) is 38.1 Å². The van der Waals surface area contributed by atoms with Crippen molar-refractivity contribution in [1.29, 1.82) is 0 Å². The zero-order chi connectivity index (χ0) is 21.8. The predicted molar refractivity (Wildman–Crippen MR) is 126 cm³/mol. The van der Waals surface area contributed by atoms with Gasteiger partial charge in [-0.1, -0.05) is 60.7 Å². The number of halogens is 2. The minimum atomic E-state index is 0.00241. The molecule has 2 aliphatic rings. The number of hydrogen-bond donors (Lipinski definition) is 0. The second-order valence-corrected chi connectivity index (χ2v) is 9.38. The smallest absolute Gasteiger partial charge is 0.225 e. The minimum Gasteiger partial charge on any atom is -0.497 e. The van der Waals surface area contributed by atoms with Crippen LogP contribution in [0.1, 0.15) is 49.3 Å². The molecule has 1 saturated heterocycles. The number of nitrogens with zero attached hydrogens (tertiary/aromatic N) is 2. The fraction of sp³-hybridized carbons (Fsp3) is 0.480. The molecule has 4 rings (SSSR count). The Morgan fingerprint density at radius 2 is 1.65 bits per heavy atom. The van der Waals surface area contributed by atoms with Crippen molar-refractivity contribution in [3.05, 3.63) is 63.6 Å². The van der Waals surface area contributed by atoms with E-state index in [1.54, 1.807) is 13.2 Å². The lowest BCUT2D eigenvalue weighted by Crippen LogP contribution is -2.51. The van der Waals surface area contributed by atoms with Crippen LogP contribution in [0, 0.1) is 5.92 Å². The van der Waals surface area contributed by atoms with Crippen LogP contribution in [-0.2, 0) is 4.79 Å². The zero-order valence-electron chi connectivity index (χ0n) is 18.0. The van der Waals surface area contributed by atoms with Gasteiger partial charge in [-0.3, -0.25) is 9.69 Å². The number of piperazine rings is 1. The third-order valence-electron chi connectivity index (χ3n) is 6.63. The van der Waals surface area contributed by atoms with Crippen LogP contribution in [-0.4, -0.2) is 49.0 Å². The monoisotopic (exact) mass is 460 g/mol. The summed E-state index contributed by atoms with van der Waals surface area (Å²) in [5.41, 5.74) is 2.18. The molecule has 31 heavy (non-hydrogen) atoms. The minimum absolute atomic E-state index is 0.00241. The van der Waals surface area contributed by atoms with Crippen LogP contribution in [0.4, 0.5) is 0 Å². The summed E-state index contributed by atoms with van der Waals surface area (Å²) in [7, 11) is 1.67. The summed E-state index contributed by atoms with van der Waals surface area (Å²) in [6.45, 7) is 3.14. The molecule has 166 valence electrons. The highest BCUT2D eigenvalue weighted by Gasteiger charge is 2.32. The lowest BCUT2D eigenvalue weighted by molar-refractivity contribution is -0.138. The lowest BCUT2D eigenvalue weighted by Gasteiger charge is -2.41. The summed E-state index contributed by atoms with van der Waals surface area (Å²) in [5, 5.41) is 1.29. The van der Waals surface area contributed by atoms with Crippen molar-refractivity contribution >= 4 is 29.1 Å². The number of carbonyl (C=O) groups excluding carboxylic acids is 1. The van der Waals surface area contributed by atoms with Crippen LogP contribution in [0.3, 0.4) is 0 Å². The van der Waals surface area contributed by atoms with Gasteiger partial charge < -0.3 is 9.64 Å². The number of hydrogen-bond acceptors (Lipinski definition) is 3. The third kappa shape index (κ3) is 5.19. The Balaban J connectivity index is 1.54. The van der Waals surface area contributed by atoms with Crippen LogP contribution < -0.4 is 4.74 Å². The molecule has 6 heteroatoms. The van der Waals surface area contributed by atoms with Crippen molar-refractivity contribution in [3.63, 3.8) is 0 Å².